The van der Waals surface area contributed by atoms with Gasteiger partial charge in [-0.1, -0.05) is 19.8 Å². The predicted molar refractivity (Wildman–Crippen MR) is 74.8 cm³/mol. The second-order valence-electron chi connectivity index (χ2n) is 4.14. The molecule has 0 aliphatic rings. The van der Waals surface area contributed by atoms with Crippen LogP contribution in [0.4, 0.5) is 8.78 Å². The highest BCUT2D eigenvalue weighted by atomic mass is 19.1. The van der Waals surface area contributed by atoms with Crippen molar-refractivity contribution in [3.05, 3.63) is 29.3 Å². The highest BCUT2D eigenvalue weighted by molar-refractivity contribution is 5.81. The molecule has 0 atom stereocenters. The van der Waals surface area contributed by atoms with Crippen molar-refractivity contribution in [2.75, 3.05) is 6.61 Å². The normalized spacial score (nSPS) is 10.8. The smallest absolute Gasteiger partial charge is 0.211 e. The van der Waals surface area contributed by atoms with Gasteiger partial charge in [0.05, 0.1) is 12.8 Å². The van der Waals surface area contributed by atoms with E-state index in [1.807, 2.05) is 6.92 Å². The first-order chi connectivity index (χ1) is 9.54. The van der Waals surface area contributed by atoms with E-state index >= 15 is 0 Å². The maximum atomic E-state index is 13.7. The molecule has 4 N–H and O–H groups in total. The summed E-state index contributed by atoms with van der Waals surface area (Å²) in [5.41, 5.74) is 10.3. The van der Waals surface area contributed by atoms with Crippen molar-refractivity contribution in [2.45, 2.75) is 26.2 Å². The summed E-state index contributed by atoms with van der Waals surface area (Å²) in [5.74, 6) is -2.18. The van der Waals surface area contributed by atoms with E-state index < -0.39 is 11.6 Å². The van der Waals surface area contributed by atoms with E-state index in [0.29, 0.717) is 0 Å². The van der Waals surface area contributed by atoms with Crippen molar-refractivity contribution in [2.24, 2.45) is 21.7 Å². The van der Waals surface area contributed by atoms with Crippen molar-refractivity contribution in [1.82, 2.24) is 0 Å². The number of guanidine groups is 1. The van der Waals surface area contributed by atoms with Crippen molar-refractivity contribution in [3.63, 3.8) is 0 Å². The lowest BCUT2D eigenvalue weighted by Gasteiger charge is -2.08. The lowest BCUT2D eigenvalue weighted by molar-refractivity contribution is 0.276. The van der Waals surface area contributed by atoms with Crippen LogP contribution >= 0.6 is 0 Å². The first-order valence-corrected chi connectivity index (χ1v) is 6.28. The van der Waals surface area contributed by atoms with Gasteiger partial charge < -0.3 is 16.2 Å². The SMILES string of the molecule is CCCCCOc1c(F)cc(C=NN=C(N)N)cc1F. The van der Waals surface area contributed by atoms with Gasteiger partial charge in [-0.15, -0.1) is 5.10 Å². The Kier molecular flexibility index (Phi) is 6.42. The monoisotopic (exact) mass is 284 g/mol. The molecule has 0 aliphatic heterocycles. The summed E-state index contributed by atoms with van der Waals surface area (Å²) in [7, 11) is 0. The second-order valence-corrected chi connectivity index (χ2v) is 4.14. The standard InChI is InChI=1S/C13H18F2N4O/c1-2-3-4-5-20-12-10(14)6-9(7-11(12)15)8-18-19-13(16)17/h6-8H,2-5H2,1H3,(H4,16,17,19). The number of unbranched alkanes of at least 4 members (excludes halogenated alkanes) is 2. The quantitative estimate of drug-likeness (QED) is 0.348. The van der Waals surface area contributed by atoms with Crippen LogP contribution in [0.25, 0.3) is 0 Å². The first kappa shape index (κ1) is 15.9. The first-order valence-electron chi connectivity index (χ1n) is 6.28. The Morgan fingerprint density at radius 2 is 1.90 bits per heavy atom. The van der Waals surface area contributed by atoms with Crippen molar-refractivity contribution in [1.29, 1.82) is 0 Å². The maximum Gasteiger partial charge on any atom is 0.211 e. The molecule has 0 bridgehead atoms. The fraction of sp³-hybridized carbons (Fsp3) is 0.385. The summed E-state index contributed by atoms with van der Waals surface area (Å²) in [6, 6.07) is 2.20. The molecule has 0 aliphatic carbocycles. The van der Waals surface area contributed by atoms with Gasteiger partial charge >= 0.3 is 0 Å². The molecular formula is C13H18F2N4O. The average Bonchev–Trinajstić information content (AvgIpc) is 2.36. The zero-order chi connectivity index (χ0) is 15.0. The number of ether oxygens (including phenoxy) is 1. The van der Waals surface area contributed by atoms with E-state index in [1.165, 1.54) is 0 Å². The lowest BCUT2D eigenvalue weighted by atomic mass is 10.2. The van der Waals surface area contributed by atoms with E-state index in [4.69, 9.17) is 16.2 Å². The van der Waals surface area contributed by atoms with Gasteiger partial charge in [-0.25, -0.2) is 8.78 Å². The Labute approximate surface area is 116 Å². The molecule has 0 radical (unpaired) electrons. The zero-order valence-electron chi connectivity index (χ0n) is 11.3. The average molecular weight is 284 g/mol. The van der Waals surface area contributed by atoms with E-state index in [0.717, 1.165) is 37.6 Å². The van der Waals surface area contributed by atoms with Crippen molar-refractivity contribution < 1.29 is 13.5 Å². The number of rotatable bonds is 7. The van der Waals surface area contributed by atoms with Gasteiger partial charge in [0.2, 0.25) is 5.96 Å². The van der Waals surface area contributed by atoms with Crippen LogP contribution in [0.5, 0.6) is 5.75 Å². The molecule has 0 heterocycles. The van der Waals surface area contributed by atoms with Crippen LogP contribution in [0.15, 0.2) is 22.3 Å². The Morgan fingerprint density at radius 1 is 1.25 bits per heavy atom. The molecule has 0 saturated heterocycles. The van der Waals surface area contributed by atoms with Crippen LogP contribution < -0.4 is 16.2 Å². The third-order valence-corrected chi connectivity index (χ3v) is 2.39. The second kappa shape index (κ2) is 8.08. The number of nitrogens with zero attached hydrogens (tertiary/aromatic N) is 2. The summed E-state index contributed by atoms with van der Waals surface area (Å²) >= 11 is 0. The van der Waals surface area contributed by atoms with Crippen LogP contribution in [-0.4, -0.2) is 18.8 Å². The third kappa shape index (κ3) is 5.21. The molecule has 110 valence electrons. The van der Waals surface area contributed by atoms with Crippen LogP contribution in [0.3, 0.4) is 0 Å². The van der Waals surface area contributed by atoms with Gasteiger partial charge in [0, 0.05) is 5.56 Å². The molecular weight excluding hydrogens is 266 g/mol. The van der Waals surface area contributed by atoms with Gasteiger partial charge in [-0.05, 0) is 18.6 Å². The fourth-order valence-corrected chi connectivity index (χ4v) is 1.48. The molecule has 0 unspecified atom stereocenters. The number of hydrogen-bond acceptors (Lipinski definition) is 3. The Hall–Kier alpha value is -2.18. The fourth-order valence-electron chi connectivity index (χ4n) is 1.48. The van der Waals surface area contributed by atoms with Crippen LogP contribution in [0, 0.1) is 11.6 Å². The van der Waals surface area contributed by atoms with Gasteiger partial charge in [-0.2, -0.15) is 5.10 Å². The molecule has 1 aromatic carbocycles. The highest BCUT2D eigenvalue weighted by Crippen LogP contribution is 2.23. The van der Waals surface area contributed by atoms with E-state index in [-0.39, 0.29) is 23.9 Å². The Balaban J connectivity index is 2.76. The number of halogens is 2. The molecule has 0 amide bonds. The summed E-state index contributed by atoms with van der Waals surface area (Å²) in [5, 5.41) is 6.82. The van der Waals surface area contributed by atoms with Gasteiger partial charge in [0.15, 0.2) is 17.4 Å². The van der Waals surface area contributed by atoms with Crippen LogP contribution in [0.2, 0.25) is 0 Å². The van der Waals surface area contributed by atoms with Crippen molar-refractivity contribution in [3.8, 4) is 5.75 Å². The molecule has 20 heavy (non-hydrogen) atoms. The molecule has 7 heteroatoms. The minimum atomic E-state index is -0.785. The van der Waals surface area contributed by atoms with E-state index in [1.54, 1.807) is 0 Å². The minimum absolute atomic E-state index is 0.200. The maximum absolute atomic E-state index is 13.7. The van der Waals surface area contributed by atoms with Gasteiger partial charge in [-0.3, -0.25) is 0 Å². The largest absolute Gasteiger partial charge is 0.488 e. The predicted octanol–water partition coefficient (Wildman–Crippen LogP) is 2.14. The molecule has 5 nitrogen and oxygen atoms in total. The molecule has 0 fully saturated rings. The van der Waals surface area contributed by atoms with Crippen LogP contribution in [0.1, 0.15) is 31.7 Å². The summed E-state index contributed by atoms with van der Waals surface area (Å²) in [4.78, 5) is 0. The summed E-state index contributed by atoms with van der Waals surface area (Å²) in [6.07, 6.45) is 3.86. The number of benzene rings is 1. The number of nitrogens with two attached hydrogens (primary N) is 2. The summed E-state index contributed by atoms with van der Waals surface area (Å²) < 4.78 is 32.5. The van der Waals surface area contributed by atoms with E-state index in [9.17, 15) is 8.78 Å². The Bertz CT molecular complexity index is 476. The minimum Gasteiger partial charge on any atom is -0.488 e. The highest BCUT2D eigenvalue weighted by Gasteiger charge is 2.11. The molecule has 1 aromatic rings. The topological polar surface area (TPSA) is 86.0 Å². The van der Waals surface area contributed by atoms with Gasteiger partial charge in [0.1, 0.15) is 0 Å². The molecule has 0 aromatic heterocycles. The van der Waals surface area contributed by atoms with E-state index in [2.05, 4.69) is 10.2 Å². The Morgan fingerprint density at radius 3 is 2.45 bits per heavy atom. The third-order valence-electron chi connectivity index (χ3n) is 2.39. The van der Waals surface area contributed by atoms with Crippen molar-refractivity contribution >= 4 is 12.2 Å². The van der Waals surface area contributed by atoms with Gasteiger partial charge in [0.25, 0.3) is 0 Å². The zero-order valence-corrected chi connectivity index (χ0v) is 11.3. The number of hydrogen-bond donors (Lipinski definition) is 2. The lowest BCUT2D eigenvalue weighted by Crippen LogP contribution is -2.21. The molecule has 1 rings (SSSR count). The summed E-state index contributed by atoms with van der Waals surface area (Å²) in [6.45, 7) is 2.31. The molecule has 0 spiro atoms. The molecule has 0 saturated carbocycles. The van der Waals surface area contributed by atoms with Crippen LogP contribution in [-0.2, 0) is 0 Å².